The van der Waals surface area contributed by atoms with Gasteiger partial charge in [-0.05, 0) is 51.9 Å². The molecule has 0 saturated carbocycles. The highest BCUT2D eigenvalue weighted by Gasteiger charge is 2.28. The van der Waals surface area contributed by atoms with Gasteiger partial charge in [-0.25, -0.2) is 0 Å². The first-order chi connectivity index (χ1) is 12.0. The van der Waals surface area contributed by atoms with Gasteiger partial charge in [0.1, 0.15) is 5.76 Å². The van der Waals surface area contributed by atoms with Crippen LogP contribution in [0, 0.1) is 5.41 Å². The van der Waals surface area contributed by atoms with Gasteiger partial charge in [0, 0.05) is 27.2 Å². The van der Waals surface area contributed by atoms with E-state index in [2.05, 4.69) is 25.8 Å². The molecule has 1 unspecified atom stereocenters. The molecule has 1 aliphatic heterocycles. The average Bonchev–Trinajstić information content (AvgIpc) is 3.31. The summed E-state index contributed by atoms with van der Waals surface area (Å²) in [4.78, 5) is 18.6. The second-order valence-corrected chi connectivity index (χ2v) is 7.04. The van der Waals surface area contributed by atoms with E-state index in [0.29, 0.717) is 19.0 Å². The normalized spacial score (nSPS) is 17.4. The third-order valence-electron chi connectivity index (χ3n) is 4.68. The Morgan fingerprint density at radius 1 is 1.36 bits per heavy atom. The molecule has 0 bridgehead atoms. The number of hydrogen-bond donors (Lipinski definition) is 3. The summed E-state index contributed by atoms with van der Waals surface area (Å²) in [7, 11) is 3.39. The van der Waals surface area contributed by atoms with Crippen molar-refractivity contribution < 1.29 is 9.21 Å². The number of rotatable bonds is 7. The number of guanidine groups is 1. The molecule has 1 aromatic rings. The molecule has 2 rings (SSSR count). The highest BCUT2D eigenvalue weighted by molar-refractivity contribution is 5.84. The van der Waals surface area contributed by atoms with Crippen molar-refractivity contribution in [3.05, 3.63) is 24.2 Å². The third kappa shape index (κ3) is 5.22. The molecule has 0 spiro atoms. The molecule has 0 aliphatic carbocycles. The molecule has 3 N–H and O–H groups in total. The maximum Gasteiger partial charge on any atom is 0.227 e. The summed E-state index contributed by atoms with van der Waals surface area (Å²) < 4.78 is 5.64. The molecule has 1 atom stereocenters. The number of nitrogens with zero attached hydrogens (tertiary/aromatic N) is 2. The van der Waals surface area contributed by atoms with E-state index in [0.717, 1.165) is 18.8 Å². The minimum atomic E-state index is -0.512. The predicted molar refractivity (Wildman–Crippen MR) is 99.5 cm³/mol. The molecule has 1 aromatic heterocycles. The van der Waals surface area contributed by atoms with Crippen molar-refractivity contribution in [1.29, 1.82) is 0 Å². The molecule has 0 radical (unpaired) electrons. The van der Waals surface area contributed by atoms with E-state index in [-0.39, 0.29) is 11.9 Å². The lowest BCUT2D eigenvalue weighted by atomic mass is 9.92. The van der Waals surface area contributed by atoms with E-state index in [4.69, 9.17) is 4.42 Å². The SMILES string of the molecule is CN=C(NCC(c1ccco1)N1CCCC1)NCC(C)(C)C(=O)NC. The number of carbonyl (C=O) groups is 1. The standard InChI is InChI=1S/C18H31N5O2/c1-18(2,16(24)19-3)13-22-17(20-4)21-12-14(15-8-7-11-25-15)23-9-5-6-10-23/h7-8,11,14H,5-6,9-10,12-13H2,1-4H3,(H,19,24)(H2,20,21,22). The summed E-state index contributed by atoms with van der Waals surface area (Å²) in [6, 6.07) is 4.13. The van der Waals surface area contributed by atoms with E-state index in [1.807, 2.05) is 26.0 Å². The van der Waals surface area contributed by atoms with Gasteiger partial charge in [-0.2, -0.15) is 0 Å². The smallest absolute Gasteiger partial charge is 0.227 e. The molecule has 2 heterocycles. The summed E-state index contributed by atoms with van der Waals surface area (Å²) in [5.41, 5.74) is -0.512. The molecule has 140 valence electrons. The van der Waals surface area contributed by atoms with Crippen LogP contribution in [0.25, 0.3) is 0 Å². The van der Waals surface area contributed by atoms with Gasteiger partial charge in [-0.15, -0.1) is 0 Å². The first-order valence-corrected chi connectivity index (χ1v) is 8.92. The number of hydrogen-bond acceptors (Lipinski definition) is 4. The van der Waals surface area contributed by atoms with Crippen LogP contribution in [-0.4, -0.2) is 57.0 Å². The van der Waals surface area contributed by atoms with Gasteiger partial charge in [0.05, 0.1) is 17.7 Å². The Kier molecular flexibility index (Phi) is 6.87. The molecular weight excluding hydrogens is 318 g/mol. The second-order valence-electron chi connectivity index (χ2n) is 7.04. The minimum absolute atomic E-state index is 0.000909. The number of carbonyl (C=O) groups excluding carboxylic acids is 1. The largest absolute Gasteiger partial charge is 0.468 e. The minimum Gasteiger partial charge on any atom is -0.468 e. The van der Waals surface area contributed by atoms with Gasteiger partial charge in [0.2, 0.25) is 5.91 Å². The number of aliphatic imine (C=N–C) groups is 1. The van der Waals surface area contributed by atoms with E-state index >= 15 is 0 Å². The molecule has 25 heavy (non-hydrogen) atoms. The average molecular weight is 349 g/mol. The van der Waals surface area contributed by atoms with Crippen LogP contribution >= 0.6 is 0 Å². The number of likely N-dealkylation sites (tertiary alicyclic amines) is 1. The van der Waals surface area contributed by atoms with Crippen LogP contribution in [0.4, 0.5) is 0 Å². The van der Waals surface area contributed by atoms with Crippen molar-refractivity contribution in [2.45, 2.75) is 32.7 Å². The van der Waals surface area contributed by atoms with Crippen LogP contribution < -0.4 is 16.0 Å². The van der Waals surface area contributed by atoms with Crippen LogP contribution in [0.2, 0.25) is 0 Å². The molecule has 0 aromatic carbocycles. The fourth-order valence-electron chi connectivity index (χ4n) is 3.08. The Labute approximate surface area is 150 Å². The Bertz CT molecular complexity index is 562. The van der Waals surface area contributed by atoms with Gasteiger partial charge >= 0.3 is 0 Å². The van der Waals surface area contributed by atoms with Crippen molar-refractivity contribution in [2.24, 2.45) is 10.4 Å². The summed E-state index contributed by atoms with van der Waals surface area (Å²) in [6.45, 7) is 7.19. The lowest BCUT2D eigenvalue weighted by Gasteiger charge is -2.28. The quantitative estimate of drug-likeness (QED) is 0.511. The predicted octanol–water partition coefficient (Wildman–Crippen LogP) is 1.35. The Hall–Kier alpha value is -2.02. The summed E-state index contributed by atoms with van der Waals surface area (Å²) in [5.74, 6) is 1.66. The lowest BCUT2D eigenvalue weighted by Crippen LogP contribution is -2.48. The van der Waals surface area contributed by atoms with Crippen LogP contribution in [0.5, 0.6) is 0 Å². The topological polar surface area (TPSA) is 81.9 Å². The maximum absolute atomic E-state index is 11.9. The lowest BCUT2D eigenvalue weighted by molar-refractivity contribution is -0.128. The number of furan rings is 1. The monoisotopic (exact) mass is 349 g/mol. The number of amides is 1. The Morgan fingerprint density at radius 2 is 2.08 bits per heavy atom. The molecule has 1 amide bonds. The van der Waals surface area contributed by atoms with Crippen molar-refractivity contribution in [2.75, 3.05) is 40.3 Å². The fraction of sp³-hybridized carbons (Fsp3) is 0.667. The van der Waals surface area contributed by atoms with Crippen molar-refractivity contribution in [1.82, 2.24) is 20.9 Å². The maximum atomic E-state index is 11.9. The highest BCUT2D eigenvalue weighted by atomic mass is 16.3. The summed E-state index contributed by atoms with van der Waals surface area (Å²) in [5, 5.41) is 9.31. The molecular formula is C18H31N5O2. The Balaban J connectivity index is 1.92. The highest BCUT2D eigenvalue weighted by Crippen LogP contribution is 2.24. The first kappa shape index (κ1) is 19.3. The van der Waals surface area contributed by atoms with Crippen molar-refractivity contribution >= 4 is 11.9 Å². The van der Waals surface area contributed by atoms with Crippen LogP contribution in [0.15, 0.2) is 27.8 Å². The molecule has 1 aliphatic rings. The molecule has 1 fully saturated rings. The van der Waals surface area contributed by atoms with Gasteiger partial charge in [-0.1, -0.05) is 0 Å². The fourth-order valence-corrected chi connectivity index (χ4v) is 3.08. The van der Waals surface area contributed by atoms with Gasteiger partial charge < -0.3 is 20.4 Å². The molecule has 7 nitrogen and oxygen atoms in total. The summed E-state index contributed by atoms with van der Waals surface area (Å²) in [6.07, 6.45) is 4.17. The van der Waals surface area contributed by atoms with Gasteiger partial charge in [0.15, 0.2) is 5.96 Å². The van der Waals surface area contributed by atoms with E-state index in [1.165, 1.54) is 12.8 Å². The Morgan fingerprint density at radius 3 is 2.64 bits per heavy atom. The summed E-state index contributed by atoms with van der Waals surface area (Å²) >= 11 is 0. The molecule has 7 heteroatoms. The zero-order valence-electron chi connectivity index (χ0n) is 15.8. The van der Waals surface area contributed by atoms with Gasteiger partial charge in [-0.3, -0.25) is 14.7 Å². The zero-order chi connectivity index (χ0) is 18.3. The van der Waals surface area contributed by atoms with Crippen LogP contribution in [0.1, 0.15) is 38.5 Å². The zero-order valence-corrected chi connectivity index (χ0v) is 15.8. The van der Waals surface area contributed by atoms with Crippen molar-refractivity contribution in [3.63, 3.8) is 0 Å². The van der Waals surface area contributed by atoms with Gasteiger partial charge in [0.25, 0.3) is 0 Å². The van der Waals surface area contributed by atoms with E-state index in [9.17, 15) is 4.79 Å². The second kappa shape index (κ2) is 8.89. The number of nitrogens with one attached hydrogen (secondary N) is 3. The van der Waals surface area contributed by atoms with E-state index in [1.54, 1.807) is 20.4 Å². The van der Waals surface area contributed by atoms with E-state index < -0.39 is 5.41 Å². The molecule has 1 saturated heterocycles. The first-order valence-electron chi connectivity index (χ1n) is 8.92. The van der Waals surface area contributed by atoms with Crippen molar-refractivity contribution in [3.8, 4) is 0 Å². The third-order valence-corrected chi connectivity index (χ3v) is 4.68. The van der Waals surface area contributed by atoms with Crippen LogP contribution in [0.3, 0.4) is 0 Å². The van der Waals surface area contributed by atoms with Crippen LogP contribution in [-0.2, 0) is 4.79 Å².